The molecule has 1 N–H and O–H groups in total. The molecule has 3 atom stereocenters. The lowest BCUT2D eigenvalue weighted by atomic mass is 9.97. The van der Waals surface area contributed by atoms with Crippen molar-refractivity contribution in [1.29, 1.82) is 0 Å². The average molecular weight is 315 g/mol. The molecule has 0 spiro atoms. The second-order valence-electron chi connectivity index (χ2n) is 5.48. The summed E-state index contributed by atoms with van der Waals surface area (Å²) in [5, 5.41) is 10.1. The number of imide groups is 1. The van der Waals surface area contributed by atoms with E-state index in [0.717, 1.165) is 10.5 Å². The third-order valence-electron chi connectivity index (χ3n) is 3.87. The Morgan fingerprint density at radius 1 is 1.39 bits per heavy atom. The number of aliphatic hydroxyl groups excluding tert-OH is 1. The molecular formula is C18H21NO4. The Morgan fingerprint density at radius 2 is 2.09 bits per heavy atom. The summed E-state index contributed by atoms with van der Waals surface area (Å²) in [5.74, 6) is -1.35. The maximum absolute atomic E-state index is 12.7. The van der Waals surface area contributed by atoms with E-state index < -0.39 is 24.0 Å². The van der Waals surface area contributed by atoms with Crippen LogP contribution in [0.3, 0.4) is 0 Å². The van der Waals surface area contributed by atoms with Crippen molar-refractivity contribution in [2.45, 2.75) is 25.0 Å². The topological polar surface area (TPSA) is 66.8 Å². The summed E-state index contributed by atoms with van der Waals surface area (Å²) in [7, 11) is 0. The second kappa shape index (κ2) is 7.74. The summed E-state index contributed by atoms with van der Waals surface area (Å²) in [6, 6.07) is 9.20. The number of cyclic esters (lactones) is 1. The first-order valence-corrected chi connectivity index (χ1v) is 7.53. The van der Waals surface area contributed by atoms with Gasteiger partial charge in [0.05, 0.1) is 18.1 Å². The minimum Gasteiger partial charge on any atom is -0.447 e. The predicted octanol–water partition coefficient (Wildman–Crippen LogP) is 2.32. The standard InChI is InChI=1S/C18H21NO4/c1-3-8-16(20)15(4-2)17(21)19-14(12-23-18(19)22)11-13-9-6-5-7-10-13/h3-7,9-10,14-16,20H,1-2,8,11-12H2/t14-,15-,16+/m0/s1. The molecule has 122 valence electrons. The Balaban J connectivity index is 2.16. The van der Waals surface area contributed by atoms with Crippen LogP contribution in [0, 0.1) is 5.92 Å². The fourth-order valence-corrected chi connectivity index (χ4v) is 2.67. The number of nitrogens with zero attached hydrogens (tertiary/aromatic N) is 1. The van der Waals surface area contributed by atoms with Crippen LogP contribution < -0.4 is 0 Å². The van der Waals surface area contributed by atoms with E-state index in [1.807, 2.05) is 30.3 Å². The molecule has 0 radical (unpaired) electrons. The predicted molar refractivity (Wildman–Crippen MR) is 86.6 cm³/mol. The van der Waals surface area contributed by atoms with E-state index in [2.05, 4.69) is 13.2 Å². The lowest BCUT2D eigenvalue weighted by Gasteiger charge is -2.25. The van der Waals surface area contributed by atoms with Crippen molar-refractivity contribution in [2.75, 3.05) is 6.61 Å². The summed E-state index contributed by atoms with van der Waals surface area (Å²) in [6.45, 7) is 7.30. The molecule has 1 heterocycles. The van der Waals surface area contributed by atoms with Crippen LogP contribution in [0.25, 0.3) is 0 Å². The van der Waals surface area contributed by atoms with Gasteiger partial charge in [0.15, 0.2) is 0 Å². The molecule has 1 aromatic carbocycles. The molecule has 0 aliphatic carbocycles. The number of aliphatic hydroxyl groups is 1. The zero-order valence-corrected chi connectivity index (χ0v) is 12.9. The third kappa shape index (κ3) is 3.87. The minimum atomic E-state index is -0.955. The van der Waals surface area contributed by atoms with E-state index in [4.69, 9.17) is 4.74 Å². The number of hydrogen-bond donors (Lipinski definition) is 1. The Labute approximate surface area is 135 Å². The van der Waals surface area contributed by atoms with Crippen LogP contribution in [0.2, 0.25) is 0 Å². The quantitative estimate of drug-likeness (QED) is 0.784. The van der Waals surface area contributed by atoms with Crippen molar-refractivity contribution in [2.24, 2.45) is 5.92 Å². The lowest BCUT2D eigenvalue weighted by molar-refractivity contribution is -0.134. The fraction of sp³-hybridized carbons (Fsp3) is 0.333. The van der Waals surface area contributed by atoms with Gasteiger partial charge < -0.3 is 9.84 Å². The average Bonchev–Trinajstić information content (AvgIpc) is 2.89. The van der Waals surface area contributed by atoms with Gasteiger partial charge in [0.25, 0.3) is 0 Å². The van der Waals surface area contributed by atoms with Gasteiger partial charge in [0.1, 0.15) is 6.61 Å². The summed E-state index contributed by atoms with van der Waals surface area (Å²) in [5.41, 5.74) is 1.01. The van der Waals surface area contributed by atoms with Crippen LogP contribution in [0.4, 0.5) is 4.79 Å². The molecule has 5 heteroatoms. The van der Waals surface area contributed by atoms with Crippen molar-refractivity contribution in [3.8, 4) is 0 Å². The number of amides is 2. The Kier molecular flexibility index (Phi) is 5.71. The van der Waals surface area contributed by atoms with Crippen molar-refractivity contribution >= 4 is 12.0 Å². The van der Waals surface area contributed by atoms with E-state index >= 15 is 0 Å². The highest BCUT2D eigenvalue weighted by Crippen LogP contribution is 2.22. The van der Waals surface area contributed by atoms with Gasteiger partial charge in [-0.2, -0.15) is 0 Å². The Hall–Kier alpha value is -2.40. The van der Waals surface area contributed by atoms with Crippen LogP contribution in [0.15, 0.2) is 55.6 Å². The number of rotatable bonds is 7. The zero-order valence-electron chi connectivity index (χ0n) is 12.9. The largest absolute Gasteiger partial charge is 0.447 e. The van der Waals surface area contributed by atoms with E-state index in [1.54, 1.807) is 0 Å². The number of carbonyl (C=O) groups excluding carboxylic acids is 2. The molecule has 0 aromatic heterocycles. The van der Waals surface area contributed by atoms with Gasteiger partial charge >= 0.3 is 6.09 Å². The van der Waals surface area contributed by atoms with E-state index in [0.29, 0.717) is 6.42 Å². The molecule has 23 heavy (non-hydrogen) atoms. The molecule has 2 amide bonds. The SMILES string of the molecule is C=CC[C@@H](O)[C@H](C=C)C(=O)N1C(=O)OC[C@@H]1Cc1ccccc1. The van der Waals surface area contributed by atoms with Crippen molar-refractivity contribution < 1.29 is 19.4 Å². The summed E-state index contributed by atoms with van der Waals surface area (Å²) in [6.07, 6.45) is 2.02. The first kappa shape index (κ1) is 17.0. The van der Waals surface area contributed by atoms with Crippen LogP contribution in [0.5, 0.6) is 0 Å². The van der Waals surface area contributed by atoms with Crippen molar-refractivity contribution in [3.05, 3.63) is 61.2 Å². The van der Waals surface area contributed by atoms with Gasteiger partial charge in [-0.3, -0.25) is 4.79 Å². The molecular weight excluding hydrogens is 294 g/mol. The van der Waals surface area contributed by atoms with Crippen LogP contribution in [0.1, 0.15) is 12.0 Å². The zero-order chi connectivity index (χ0) is 16.8. The second-order valence-corrected chi connectivity index (χ2v) is 5.48. The van der Waals surface area contributed by atoms with E-state index in [1.165, 1.54) is 12.2 Å². The van der Waals surface area contributed by atoms with Crippen LogP contribution >= 0.6 is 0 Å². The van der Waals surface area contributed by atoms with Gasteiger partial charge in [-0.05, 0) is 18.4 Å². The molecule has 1 saturated heterocycles. The van der Waals surface area contributed by atoms with Gasteiger partial charge in [-0.25, -0.2) is 9.69 Å². The maximum atomic E-state index is 12.7. The summed E-state index contributed by atoms with van der Waals surface area (Å²) >= 11 is 0. The number of hydrogen-bond acceptors (Lipinski definition) is 4. The molecule has 2 rings (SSSR count). The maximum Gasteiger partial charge on any atom is 0.417 e. The summed E-state index contributed by atoms with van der Waals surface area (Å²) in [4.78, 5) is 25.7. The van der Waals surface area contributed by atoms with E-state index in [-0.39, 0.29) is 19.1 Å². The highest BCUT2D eigenvalue weighted by atomic mass is 16.6. The Morgan fingerprint density at radius 3 is 2.70 bits per heavy atom. The Bertz CT molecular complexity index is 584. The van der Waals surface area contributed by atoms with Gasteiger partial charge in [-0.1, -0.05) is 42.5 Å². The molecule has 0 bridgehead atoms. The number of ether oxygens (including phenoxy) is 1. The molecule has 0 unspecified atom stereocenters. The molecule has 1 aliphatic heterocycles. The summed E-state index contributed by atoms with van der Waals surface area (Å²) < 4.78 is 5.04. The first-order valence-electron chi connectivity index (χ1n) is 7.53. The van der Waals surface area contributed by atoms with Crippen molar-refractivity contribution in [3.63, 3.8) is 0 Å². The van der Waals surface area contributed by atoms with Gasteiger partial charge in [0.2, 0.25) is 5.91 Å². The number of carbonyl (C=O) groups is 2. The van der Waals surface area contributed by atoms with Crippen LogP contribution in [-0.2, 0) is 16.0 Å². The molecule has 1 fully saturated rings. The molecule has 1 aliphatic rings. The molecule has 5 nitrogen and oxygen atoms in total. The van der Waals surface area contributed by atoms with Gasteiger partial charge in [-0.15, -0.1) is 13.2 Å². The van der Waals surface area contributed by atoms with E-state index in [9.17, 15) is 14.7 Å². The monoisotopic (exact) mass is 315 g/mol. The normalized spacial score (nSPS) is 19.8. The lowest BCUT2D eigenvalue weighted by Crippen LogP contribution is -2.45. The van der Waals surface area contributed by atoms with Gasteiger partial charge in [0, 0.05) is 0 Å². The molecule has 0 saturated carbocycles. The number of benzene rings is 1. The smallest absolute Gasteiger partial charge is 0.417 e. The first-order chi connectivity index (χ1) is 11.1. The third-order valence-corrected chi connectivity index (χ3v) is 3.87. The molecule has 1 aromatic rings. The van der Waals surface area contributed by atoms with Crippen LogP contribution in [-0.4, -0.2) is 40.8 Å². The highest BCUT2D eigenvalue weighted by Gasteiger charge is 2.41. The van der Waals surface area contributed by atoms with Crippen molar-refractivity contribution in [1.82, 2.24) is 4.90 Å². The highest BCUT2D eigenvalue weighted by molar-refractivity contribution is 5.95. The fourth-order valence-electron chi connectivity index (χ4n) is 2.67. The minimum absolute atomic E-state index is 0.154.